The summed E-state index contributed by atoms with van der Waals surface area (Å²) < 4.78 is 5.28. The van der Waals surface area contributed by atoms with Crippen molar-refractivity contribution < 1.29 is 14.6 Å². The van der Waals surface area contributed by atoms with Crippen molar-refractivity contribution in [2.75, 3.05) is 25.1 Å². The van der Waals surface area contributed by atoms with Gasteiger partial charge >= 0.3 is 5.97 Å². The Kier molecular flexibility index (Phi) is 3.53. The van der Waals surface area contributed by atoms with E-state index in [0.717, 1.165) is 25.9 Å². The topological polar surface area (TPSA) is 75.5 Å². The van der Waals surface area contributed by atoms with Crippen LogP contribution >= 0.6 is 0 Å². The van der Waals surface area contributed by atoms with Gasteiger partial charge in [-0.25, -0.2) is 14.8 Å². The molecule has 0 atom stereocenters. The van der Waals surface area contributed by atoms with Crippen molar-refractivity contribution in [1.29, 1.82) is 0 Å². The monoisotopic (exact) mass is 237 g/mol. The minimum absolute atomic E-state index is 0.112. The Morgan fingerprint density at radius 3 is 2.47 bits per heavy atom. The Morgan fingerprint density at radius 1 is 1.41 bits per heavy atom. The molecule has 0 aliphatic carbocycles. The van der Waals surface area contributed by atoms with E-state index in [1.165, 1.54) is 12.4 Å². The molecule has 92 valence electrons. The van der Waals surface area contributed by atoms with Gasteiger partial charge in [0.05, 0.1) is 11.7 Å². The van der Waals surface area contributed by atoms with Crippen molar-refractivity contribution in [1.82, 2.24) is 9.97 Å². The molecule has 2 heterocycles. The molecule has 1 fully saturated rings. The summed E-state index contributed by atoms with van der Waals surface area (Å²) in [5, 5.41) is 8.74. The Hall–Kier alpha value is -1.69. The molecule has 0 aromatic carbocycles. The summed E-state index contributed by atoms with van der Waals surface area (Å²) in [5.41, 5.74) is 0.112. The zero-order valence-electron chi connectivity index (χ0n) is 9.67. The molecule has 0 spiro atoms. The highest BCUT2D eigenvalue weighted by atomic mass is 16.5. The number of rotatable bonds is 3. The average Bonchev–Trinajstić information content (AvgIpc) is 2.39. The highest BCUT2D eigenvalue weighted by molar-refractivity contribution is 5.86. The minimum Gasteiger partial charge on any atom is -0.478 e. The van der Waals surface area contributed by atoms with E-state index in [0.29, 0.717) is 12.1 Å². The molecule has 1 aliphatic rings. The third-order valence-corrected chi connectivity index (χ3v) is 2.94. The number of aromatic carboxylic acids is 1. The fourth-order valence-electron chi connectivity index (χ4n) is 1.89. The van der Waals surface area contributed by atoms with E-state index in [1.807, 2.05) is 4.90 Å². The molecule has 0 radical (unpaired) electrons. The number of hydrogen-bond acceptors (Lipinski definition) is 5. The average molecular weight is 237 g/mol. The van der Waals surface area contributed by atoms with Gasteiger partial charge in [-0.3, -0.25) is 0 Å². The summed E-state index contributed by atoms with van der Waals surface area (Å²) in [5.74, 6) is -0.417. The lowest BCUT2D eigenvalue weighted by Crippen LogP contribution is -2.37. The Labute approximate surface area is 99.2 Å². The number of nitrogens with zero attached hydrogens (tertiary/aromatic N) is 3. The van der Waals surface area contributed by atoms with E-state index in [4.69, 9.17) is 9.84 Å². The number of ether oxygens (including phenoxy) is 1. The van der Waals surface area contributed by atoms with Crippen LogP contribution in [-0.2, 0) is 4.74 Å². The van der Waals surface area contributed by atoms with Gasteiger partial charge in [0.25, 0.3) is 0 Å². The lowest BCUT2D eigenvalue weighted by atomic mass is 10.1. The van der Waals surface area contributed by atoms with E-state index in [1.54, 1.807) is 7.11 Å². The van der Waals surface area contributed by atoms with Crippen LogP contribution in [-0.4, -0.2) is 47.3 Å². The van der Waals surface area contributed by atoms with Gasteiger partial charge in [-0.1, -0.05) is 0 Å². The number of aromatic nitrogens is 2. The predicted octanol–water partition coefficient (Wildman–Crippen LogP) is 0.790. The van der Waals surface area contributed by atoms with Gasteiger partial charge in [-0.2, -0.15) is 0 Å². The summed E-state index contributed by atoms with van der Waals surface area (Å²) in [6, 6.07) is 0. The smallest absolute Gasteiger partial charge is 0.338 e. The van der Waals surface area contributed by atoms with E-state index < -0.39 is 5.97 Å². The molecule has 0 bridgehead atoms. The minimum atomic E-state index is -1.00. The van der Waals surface area contributed by atoms with Gasteiger partial charge < -0.3 is 14.7 Å². The first-order valence-electron chi connectivity index (χ1n) is 5.54. The van der Waals surface area contributed by atoms with Gasteiger partial charge in [0.2, 0.25) is 5.95 Å². The van der Waals surface area contributed by atoms with Gasteiger partial charge in [-0.05, 0) is 12.8 Å². The molecule has 6 nitrogen and oxygen atoms in total. The van der Waals surface area contributed by atoms with Crippen LogP contribution in [0.2, 0.25) is 0 Å². The lowest BCUT2D eigenvalue weighted by Gasteiger charge is -2.31. The molecular weight excluding hydrogens is 222 g/mol. The summed E-state index contributed by atoms with van der Waals surface area (Å²) in [6.45, 7) is 1.68. The first-order chi connectivity index (χ1) is 8.20. The predicted molar refractivity (Wildman–Crippen MR) is 61.2 cm³/mol. The van der Waals surface area contributed by atoms with Crippen LogP contribution in [0.15, 0.2) is 12.4 Å². The molecule has 2 rings (SSSR count). The van der Waals surface area contributed by atoms with Crippen LogP contribution in [0.25, 0.3) is 0 Å². The fourth-order valence-corrected chi connectivity index (χ4v) is 1.89. The van der Waals surface area contributed by atoms with E-state index in [-0.39, 0.29) is 5.56 Å². The van der Waals surface area contributed by atoms with Crippen LogP contribution in [0.4, 0.5) is 5.95 Å². The number of methoxy groups -OCH3 is 1. The van der Waals surface area contributed by atoms with Crippen molar-refractivity contribution >= 4 is 11.9 Å². The number of anilines is 1. The first kappa shape index (κ1) is 11.8. The SMILES string of the molecule is COC1CCN(c2ncc(C(=O)O)cn2)CC1. The summed E-state index contributed by atoms with van der Waals surface area (Å²) in [7, 11) is 1.72. The van der Waals surface area contributed by atoms with Crippen molar-refractivity contribution in [3.8, 4) is 0 Å². The molecule has 0 unspecified atom stereocenters. The maximum Gasteiger partial charge on any atom is 0.338 e. The summed E-state index contributed by atoms with van der Waals surface area (Å²) in [4.78, 5) is 20.8. The van der Waals surface area contributed by atoms with Crippen molar-refractivity contribution in [3.05, 3.63) is 18.0 Å². The highest BCUT2D eigenvalue weighted by Gasteiger charge is 2.20. The Balaban J connectivity index is 2.01. The van der Waals surface area contributed by atoms with Crippen LogP contribution in [0.5, 0.6) is 0 Å². The fraction of sp³-hybridized carbons (Fsp3) is 0.545. The Morgan fingerprint density at radius 2 is 2.00 bits per heavy atom. The van der Waals surface area contributed by atoms with Crippen LogP contribution in [0, 0.1) is 0 Å². The van der Waals surface area contributed by atoms with Gasteiger partial charge in [0.15, 0.2) is 0 Å². The zero-order chi connectivity index (χ0) is 12.3. The molecule has 1 aliphatic heterocycles. The van der Waals surface area contributed by atoms with E-state index in [2.05, 4.69) is 9.97 Å². The van der Waals surface area contributed by atoms with E-state index >= 15 is 0 Å². The second-order valence-corrected chi connectivity index (χ2v) is 4.00. The standard InChI is InChI=1S/C11H15N3O3/c1-17-9-2-4-14(5-3-9)11-12-6-8(7-13-11)10(15)16/h6-7,9H,2-5H2,1H3,(H,15,16). The molecular formula is C11H15N3O3. The number of piperidine rings is 1. The quantitative estimate of drug-likeness (QED) is 0.837. The lowest BCUT2D eigenvalue weighted by molar-refractivity contribution is 0.0696. The first-order valence-corrected chi connectivity index (χ1v) is 5.54. The zero-order valence-corrected chi connectivity index (χ0v) is 9.67. The molecule has 1 aromatic rings. The summed E-state index contributed by atoms with van der Waals surface area (Å²) >= 11 is 0. The van der Waals surface area contributed by atoms with Crippen molar-refractivity contribution in [3.63, 3.8) is 0 Å². The summed E-state index contributed by atoms with van der Waals surface area (Å²) in [6.07, 6.45) is 4.88. The van der Waals surface area contributed by atoms with Gasteiger partial charge in [-0.15, -0.1) is 0 Å². The molecule has 1 N–H and O–H groups in total. The second-order valence-electron chi connectivity index (χ2n) is 4.00. The van der Waals surface area contributed by atoms with Gasteiger partial charge in [0, 0.05) is 32.6 Å². The second kappa shape index (κ2) is 5.09. The molecule has 0 saturated carbocycles. The van der Waals surface area contributed by atoms with Crippen LogP contribution in [0.3, 0.4) is 0 Å². The Bertz CT molecular complexity index is 385. The molecule has 6 heteroatoms. The molecule has 1 saturated heterocycles. The van der Waals surface area contributed by atoms with Crippen LogP contribution < -0.4 is 4.90 Å². The number of hydrogen-bond donors (Lipinski definition) is 1. The number of carboxylic acid groups (broad SMARTS) is 1. The van der Waals surface area contributed by atoms with Crippen LogP contribution in [0.1, 0.15) is 23.2 Å². The van der Waals surface area contributed by atoms with Crippen molar-refractivity contribution in [2.24, 2.45) is 0 Å². The number of carboxylic acids is 1. The highest BCUT2D eigenvalue weighted by Crippen LogP contribution is 2.17. The number of carbonyl (C=O) groups is 1. The van der Waals surface area contributed by atoms with E-state index in [9.17, 15) is 4.79 Å². The maximum absolute atomic E-state index is 10.7. The third kappa shape index (κ3) is 2.71. The maximum atomic E-state index is 10.7. The molecule has 1 aromatic heterocycles. The largest absolute Gasteiger partial charge is 0.478 e. The van der Waals surface area contributed by atoms with Gasteiger partial charge in [0.1, 0.15) is 0 Å². The molecule has 0 amide bonds. The van der Waals surface area contributed by atoms with Crippen molar-refractivity contribution in [2.45, 2.75) is 18.9 Å². The molecule has 17 heavy (non-hydrogen) atoms. The third-order valence-electron chi connectivity index (χ3n) is 2.94. The normalized spacial score (nSPS) is 17.1.